The van der Waals surface area contributed by atoms with E-state index < -0.39 is 0 Å². The highest BCUT2D eigenvalue weighted by Crippen LogP contribution is 2.39. The maximum Gasteiger partial charge on any atom is 0.242 e. The first-order valence-corrected chi connectivity index (χ1v) is 12.5. The van der Waals surface area contributed by atoms with E-state index in [0.717, 1.165) is 32.1 Å². The zero-order chi connectivity index (χ0) is 22.0. The fourth-order valence-electron chi connectivity index (χ4n) is 5.17. The van der Waals surface area contributed by atoms with Gasteiger partial charge in [-0.3, -0.25) is 9.59 Å². The van der Waals surface area contributed by atoms with Gasteiger partial charge in [-0.25, -0.2) is 0 Å². The summed E-state index contributed by atoms with van der Waals surface area (Å²) in [6, 6.07) is 10.5. The van der Waals surface area contributed by atoms with Crippen LogP contribution in [0.2, 0.25) is 0 Å². The first-order valence-electron chi connectivity index (χ1n) is 11.7. The molecule has 2 amide bonds. The van der Waals surface area contributed by atoms with E-state index in [2.05, 4.69) is 50.4 Å². The van der Waals surface area contributed by atoms with E-state index in [4.69, 9.17) is 0 Å². The molecule has 1 aromatic heterocycles. The van der Waals surface area contributed by atoms with Crippen molar-refractivity contribution in [2.45, 2.75) is 58.9 Å². The van der Waals surface area contributed by atoms with E-state index in [1.807, 2.05) is 15.9 Å². The number of nitrogens with zero attached hydrogens (tertiary/aromatic N) is 2. The van der Waals surface area contributed by atoms with Gasteiger partial charge in [-0.05, 0) is 60.2 Å². The van der Waals surface area contributed by atoms with E-state index in [0.29, 0.717) is 19.0 Å². The summed E-state index contributed by atoms with van der Waals surface area (Å²) in [5.41, 5.74) is 3.63. The number of hydrogen-bond donors (Lipinski definition) is 0. The van der Waals surface area contributed by atoms with Crippen molar-refractivity contribution in [3.8, 4) is 0 Å². The molecule has 2 aromatic rings. The summed E-state index contributed by atoms with van der Waals surface area (Å²) in [6.45, 7) is 7.90. The van der Waals surface area contributed by atoms with Crippen molar-refractivity contribution < 1.29 is 9.59 Å². The van der Waals surface area contributed by atoms with Crippen LogP contribution >= 0.6 is 11.3 Å². The monoisotopic (exact) mass is 438 g/mol. The zero-order valence-electron chi connectivity index (χ0n) is 19.0. The molecule has 1 unspecified atom stereocenters. The highest BCUT2D eigenvalue weighted by molar-refractivity contribution is 7.10. The van der Waals surface area contributed by atoms with Crippen LogP contribution in [0.4, 0.5) is 0 Å². The summed E-state index contributed by atoms with van der Waals surface area (Å²) in [7, 11) is 0. The third-order valence-electron chi connectivity index (χ3n) is 6.70. The number of carbonyl (C=O) groups is 2. The molecular formula is C26H34N2O2S. The Kier molecular flexibility index (Phi) is 6.80. The SMILES string of the molecule is Cc1ccccc1C1c2ccsc2CCN1C(=O)CN(CC(C)C)C(=O)C1CCCC1. The molecule has 2 heterocycles. The third kappa shape index (κ3) is 4.72. The molecule has 0 bridgehead atoms. The lowest BCUT2D eigenvalue weighted by molar-refractivity contribution is -0.144. The summed E-state index contributed by atoms with van der Waals surface area (Å²) in [5, 5.41) is 2.14. The van der Waals surface area contributed by atoms with E-state index in [1.54, 1.807) is 11.3 Å². The first kappa shape index (κ1) is 22.1. The van der Waals surface area contributed by atoms with Crippen LogP contribution in [0.1, 0.15) is 67.1 Å². The van der Waals surface area contributed by atoms with Crippen molar-refractivity contribution in [3.63, 3.8) is 0 Å². The van der Waals surface area contributed by atoms with Crippen LogP contribution in [0.3, 0.4) is 0 Å². The van der Waals surface area contributed by atoms with Crippen molar-refractivity contribution in [1.29, 1.82) is 0 Å². The maximum atomic E-state index is 13.7. The molecule has 0 saturated heterocycles. The Morgan fingerprint density at radius 3 is 2.58 bits per heavy atom. The summed E-state index contributed by atoms with van der Waals surface area (Å²) in [4.78, 5) is 32.1. The molecule has 1 saturated carbocycles. The van der Waals surface area contributed by atoms with Gasteiger partial charge in [0.05, 0.1) is 12.6 Å². The van der Waals surface area contributed by atoms with Gasteiger partial charge in [-0.15, -0.1) is 11.3 Å². The first-order chi connectivity index (χ1) is 15.0. The Morgan fingerprint density at radius 2 is 1.87 bits per heavy atom. The molecule has 31 heavy (non-hydrogen) atoms. The van der Waals surface area contributed by atoms with Crippen molar-refractivity contribution in [1.82, 2.24) is 9.80 Å². The molecule has 1 fully saturated rings. The minimum Gasteiger partial charge on any atom is -0.333 e. The fourth-order valence-corrected chi connectivity index (χ4v) is 6.08. The average Bonchev–Trinajstić information content (AvgIpc) is 3.44. The molecule has 1 atom stereocenters. The van der Waals surface area contributed by atoms with Gasteiger partial charge in [0.2, 0.25) is 11.8 Å². The smallest absolute Gasteiger partial charge is 0.242 e. The Hall–Kier alpha value is -2.14. The lowest BCUT2D eigenvalue weighted by atomic mass is 9.90. The van der Waals surface area contributed by atoms with Gasteiger partial charge in [-0.2, -0.15) is 0 Å². The number of thiophene rings is 1. The average molecular weight is 439 g/mol. The quantitative estimate of drug-likeness (QED) is 0.621. The second kappa shape index (κ2) is 9.56. The Balaban J connectivity index is 1.60. The number of carbonyl (C=O) groups excluding carboxylic acids is 2. The second-order valence-corrected chi connectivity index (χ2v) is 10.5. The lowest BCUT2D eigenvalue weighted by Gasteiger charge is -2.38. The van der Waals surface area contributed by atoms with Crippen LogP contribution in [0.15, 0.2) is 35.7 Å². The Labute approximate surface area is 190 Å². The fraction of sp³-hybridized carbons (Fsp3) is 0.538. The van der Waals surface area contributed by atoms with Crippen molar-refractivity contribution in [2.75, 3.05) is 19.6 Å². The molecule has 166 valence electrons. The van der Waals surface area contributed by atoms with Crippen LogP contribution in [0.25, 0.3) is 0 Å². The topological polar surface area (TPSA) is 40.6 Å². The predicted molar refractivity (Wildman–Crippen MR) is 126 cm³/mol. The normalized spacial score (nSPS) is 19.0. The van der Waals surface area contributed by atoms with Gasteiger partial charge in [-0.1, -0.05) is 51.0 Å². The second-order valence-electron chi connectivity index (χ2n) is 9.49. The maximum absolute atomic E-state index is 13.7. The van der Waals surface area contributed by atoms with Gasteiger partial charge < -0.3 is 9.80 Å². The molecule has 0 spiro atoms. The minimum atomic E-state index is -0.0637. The van der Waals surface area contributed by atoms with Gasteiger partial charge >= 0.3 is 0 Å². The van der Waals surface area contributed by atoms with E-state index in [1.165, 1.54) is 21.6 Å². The largest absolute Gasteiger partial charge is 0.333 e. The molecule has 2 aliphatic rings. The van der Waals surface area contributed by atoms with Gasteiger partial charge in [0.15, 0.2) is 0 Å². The van der Waals surface area contributed by atoms with E-state index in [9.17, 15) is 9.59 Å². The summed E-state index contributed by atoms with van der Waals surface area (Å²) in [6.07, 6.45) is 5.08. The minimum absolute atomic E-state index is 0.0637. The van der Waals surface area contributed by atoms with Crippen molar-refractivity contribution in [3.05, 3.63) is 57.3 Å². The molecule has 1 aromatic carbocycles. The Bertz CT molecular complexity index is 929. The molecule has 4 nitrogen and oxygen atoms in total. The van der Waals surface area contributed by atoms with Crippen LogP contribution in [-0.2, 0) is 16.0 Å². The number of rotatable bonds is 6. The highest BCUT2D eigenvalue weighted by Gasteiger charge is 2.36. The number of hydrogen-bond acceptors (Lipinski definition) is 3. The van der Waals surface area contributed by atoms with Crippen molar-refractivity contribution in [2.24, 2.45) is 11.8 Å². The molecule has 1 aliphatic carbocycles. The molecule has 5 heteroatoms. The third-order valence-corrected chi connectivity index (χ3v) is 7.69. The lowest BCUT2D eigenvalue weighted by Crippen LogP contribution is -2.48. The highest BCUT2D eigenvalue weighted by atomic mass is 32.1. The van der Waals surface area contributed by atoms with E-state index in [-0.39, 0.29) is 30.3 Å². The zero-order valence-corrected chi connectivity index (χ0v) is 19.8. The van der Waals surface area contributed by atoms with Crippen LogP contribution < -0.4 is 0 Å². The molecule has 0 radical (unpaired) electrons. The summed E-state index contributed by atoms with van der Waals surface area (Å²) in [5.74, 6) is 0.691. The van der Waals surface area contributed by atoms with Gasteiger partial charge in [0.25, 0.3) is 0 Å². The number of benzene rings is 1. The molecule has 0 N–H and O–H groups in total. The molecule has 1 aliphatic heterocycles. The summed E-state index contributed by atoms with van der Waals surface area (Å²) >= 11 is 1.78. The number of fused-ring (bicyclic) bond motifs is 1. The van der Waals surface area contributed by atoms with Gasteiger partial charge in [0, 0.05) is 23.9 Å². The number of aryl methyl sites for hydroxylation is 1. The van der Waals surface area contributed by atoms with E-state index >= 15 is 0 Å². The van der Waals surface area contributed by atoms with Gasteiger partial charge in [0.1, 0.15) is 0 Å². The van der Waals surface area contributed by atoms with Crippen LogP contribution in [0, 0.1) is 18.8 Å². The van der Waals surface area contributed by atoms with Crippen LogP contribution in [0.5, 0.6) is 0 Å². The molecule has 4 rings (SSSR count). The Morgan fingerprint density at radius 1 is 1.13 bits per heavy atom. The predicted octanol–water partition coefficient (Wildman–Crippen LogP) is 5.21. The van der Waals surface area contributed by atoms with Crippen LogP contribution in [-0.4, -0.2) is 41.2 Å². The van der Waals surface area contributed by atoms with Crippen molar-refractivity contribution >= 4 is 23.2 Å². The standard InChI is InChI=1S/C26H34N2O2S/c1-18(2)16-27(26(30)20-9-5-6-10-20)17-24(29)28-14-12-23-22(13-15-31-23)25(28)21-11-7-4-8-19(21)3/h4,7-8,11,13,15,18,20,25H,5-6,9-10,12,14,16-17H2,1-3H3. The summed E-state index contributed by atoms with van der Waals surface area (Å²) < 4.78 is 0. The number of amides is 2. The molecular weight excluding hydrogens is 404 g/mol.